The van der Waals surface area contributed by atoms with Crippen LogP contribution in [0.2, 0.25) is 0 Å². The molecule has 0 aliphatic rings. The maximum absolute atomic E-state index is 12.7. The summed E-state index contributed by atoms with van der Waals surface area (Å²) in [4.78, 5) is 25.0. The van der Waals surface area contributed by atoms with Crippen LogP contribution >= 0.6 is 11.8 Å². The lowest BCUT2D eigenvalue weighted by atomic mass is 10.1. The van der Waals surface area contributed by atoms with Gasteiger partial charge < -0.3 is 19.9 Å². The molecule has 1 heterocycles. The first-order chi connectivity index (χ1) is 21.5. The third-order valence-corrected chi connectivity index (χ3v) is 7.72. The van der Waals surface area contributed by atoms with Crippen LogP contribution in [0.5, 0.6) is 5.75 Å². The van der Waals surface area contributed by atoms with Crippen LogP contribution in [0.15, 0.2) is 114 Å². The van der Waals surface area contributed by atoms with Gasteiger partial charge in [-0.1, -0.05) is 54.2 Å². The molecule has 1 aromatic heterocycles. The molecule has 44 heavy (non-hydrogen) atoms. The number of nitrogens with one attached hydrogen (secondary N) is 2. The quantitative estimate of drug-likeness (QED) is 0.113. The molecular weight excluding hydrogens is 570 g/mol. The van der Waals surface area contributed by atoms with Crippen molar-refractivity contribution < 1.29 is 14.3 Å². The number of aromatic nitrogens is 3. The Morgan fingerprint density at radius 2 is 1.50 bits per heavy atom. The number of carbonyl (C=O) groups is 2. The lowest BCUT2D eigenvalue weighted by Gasteiger charge is -2.09. The van der Waals surface area contributed by atoms with Crippen LogP contribution in [-0.4, -0.2) is 33.2 Å². The fraction of sp³-hybridized carbons (Fsp3) is 0.143. The van der Waals surface area contributed by atoms with Gasteiger partial charge in [0.15, 0.2) is 11.0 Å². The molecule has 0 saturated carbocycles. The van der Waals surface area contributed by atoms with Crippen molar-refractivity contribution in [1.29, 1.82) is 0 Å². The molecule has 0 fully saturated rings. The highest BCUT2D eigenvalue weighted by molar-refractivity contribution is 7.98. The van der Waals surface area contributed by atoms with Crippen molar-refractivity contribution in [3.05, 3.63) is 126 Å². The van der Waals surface area contributed by atoms with Gasteiger partial charge in [-0.2, -0.15) is 0 Å². The fourth-order valence-corrected chi connectivity index (χ4v) is 5.38. The summed E-state index contributed by atoms with van der Waals surface area (Å²) in [7, 11) is 0. The second-order valence-corrected chi connectivity index (χ2v) is 10.7. The van der Waals surface area contributed by atoms with Crippen molar-refractivity contribution in [2.24, 2.45) is 0 Å². The molecule has 0 aliphatic carbocycles. The number of ether oxygens (including phenoxy) is 1. The first-order valence-corrected chi connectivity index (χ1v) is 15.3. The van der Waals surface area contributed by atoms with E-state index < -0.39 is 0 Å². The van der Waals surface area contributed by atoms with Gasteiger partial charge in [0.25, 0.3) is 5.91 Å². The summed E-state index contributed by atoms with van der Waals surface area (Å²) in [6, 6.07) is 32.1. The predicted molar refractivity (Wildman–Crippen MR) is 177 cm³/mol. The minimum Gasteiger partial charge on any atom is -0.494 e. The van der Waals surface area contributed by atoms with E-state index in [0.29, 0.717) is 35.8 Å². The number of carbonyl (C=O) groups excluding carboxylic acids is 2. The Balaban J connectivity index is 1.16. The Bertz CT molecular complexity index is 1720. The largest absolute Gasteiger partial charge is 0.494 e. The predicted octanol–water partition coefficient (Wildman–Crippen LogP) is 7.56. The highest BCUT2D eigenvalue weighted by atomic mass is 32.2. The summed E-state index contributed by atoms with van der Waals surface area (Å²) in [6.07, 6.45) is 3.30. The smallest absolute Gasteiger partial charge is 0.255 e. The Labute approximate surface area is 261 Å². The summed E-state index contributed by atoms with van der Waals surface area (Å²) in [6.45, 7) is 5.29. The van der Waals surface area contributed by atoms with Crippen molar-refractivity contribution in [2.45, 2.75) is 31.3 Å². The van der Waals surface area contributed by atoms with Gasteiger partial charge in [0, 0.05) is 40.9 Å². The van der Waals surface area contributed by atoms with Crippen molar-refractivity contribution >= 4 is 41.0 Å². The zero-order valence-corrected chi connectivity index (χ0v) is 25.4. The van der Waals surface area contributed by atoms with Crippen LogP contribution in [0.1, 0.15) is 35.3 Å². The van der Waals surface area contributed by atoms with Crippen molar-refractivity contribution in [1.82, 2.24) is 14.8 Å². The Morgan fingerprint density at radius 1 is 0.818 bits per heavy atom. The molecule has 222 valence electrons. The monoisotopic (exact) mass is 603 g/mol. The Hall–Kier alpha value is -5.15. The minimum absolute atomic E-state index is 0.169. The lowest BCUT2D eigenvalue weighted by Crippen LogP contribution is -2.11. The van der Waals surface area contributed by atoms with Gasteiger partial charge >= 0.3 is 0 Å². The van der Waals surface area contributed by atoms with Gasteiger partial charge in [0.05, 0.1) is 6.61 Å². The molecular formula is C35H33N5O3S. The zero-order chi connectivity index (χ0) is 30.7. The zero-order valence-electron chi connectivity index (χ0n) is 24.6. The van der Waals surface area contributed by atoms with E-state index in [0.717, 1.165) is 33.4 Å². The molecule has 0 radical (unpaired) electrons. The van der Waals surface area contributed by atoms with Gasteiger partial charge in [-0.05, 0) is 91.7 Å². The van der Waals surface area contributed by atoms with Gasteiger partial charge in [-0.25, -0.2) is 0 Å². The average Bonchev–Trinajstić information content (AvgIpc) is 3.48. The third-order valence-electron chi connectivity index (χ3n) is 6.68. The van der Waals surface area contributed by atoms with Crippen molar-refractivity contribution in [2.75, 3.05) is 17.2 Å². The molecule has 8 nitrogen and oxygen atoms in total. The maximum atomic E-state index is 12.7. The SMILES string of the molecule is CCOc1ccc(NC(=O)c2ccc(CSc3nnc(-c4ccc(NC(=O)C=Cc5ccccc5)cc4)n3CC)cc2)cc1. The standard InChI is InChI=1S/C35H33N5O3S/c1-3-40-33(27-15-17-29(18-16-27)36-32(41)23-12-25-8-6-5-7-9-25)38-39-35(40)44-24-26-10-13-28(14-11-26)34(42)37-30-19-21-31(22-20-30)43-4-2/h5-23H,3-4,24H2,1-2H3,(H,36,41)(H,37,42). The van der Waals surface area contributed by atoms with Crippen LogP contribution in [-0.2, 0) is 17.1 Å². The van der Waals surface area contributed by atoms with Crippen LogP contribution < -0.4 is 15.4 Å². The van der Waals surface area contributed by atoms with Gasteiger partial charge in [-0.3, -0.25) is 9.59 Å². The van der Waals surface area contributed by atoms with Crippen molar-refractivity contribution in [3.8, 4) is 17.1 Å². The molecule has 2 N–H and O–H groups in total. The number of rotatable bonds is 12. The van der Waals surface area contributed by atoms with Crippen LogP contribution in [0, 0.1) is 0 Å². The molecule has 0 saturated heterocycles. The van der Waals surface area contributed by atoms with E-state index in [1.54, 1.807) is 17.8 Å². The molecule has 4 aromatic carbocycles. The molecule has 5 rings (SSSR count). The van der Waals surface area contributed by atoms with E-state index in [1.165, 1.54) is 6.08 Å². The first-order valence-electron chi connectivity index (χ1n) is 14.4. The summed E-state index contributed by atoms with van der Waals surface area (Å²) in [5.74, 6) is 1.85. The molecule has 5 aromatic rings. The molecule has 0 bridgehead atoms. The number of anilines is 2. The lowest BCUT2D eigenvalue weighted by molar-refractivity contribution is -0.111. The summed E-state index contributed by atoms with van der Waals surface area (Å²) in [5, 5.41) is 15.5. The Morgan fingerprint density at radius 3 is 2.18 bits per heavy atom. The molecule has 0 atom stereocenters. The second-order valence-electron chi connectivity index (χ2n) is 9.76. The minimum atomic E-state index is -0.196. The van der Waals surface area contributed by atoms with Gasteiger partial charge in [0.1, 0.15) is 5.75 Å². The third kappa shape index (κ3) is 8.02. The number of nitrogens with zero attached hydrogens (tertiary/aromatic N) is 3. The molecule has 0 spiro atoms. The van der Waals surface area contributed by atoms with Gasteiger partial charge in [-0.15, -0.1) is 10.2 Å². The van der Waals surface area contributed by atoms with Crippen LogP contribution in [0.4, 0.5) is 11.4 Å². The average molecular weight is 604 g/mol. The number of amides is 2. The van der Waals surface area contributed by atoms with E-state index in [1.807, 2.05) is 110 Å². The molecule has 9 heteroatoms. The molecule has 2 amide bonds. The van der Waals surface area contributed by atoms with Crippen LogP contribution in [0.3, 0.4) is 0 Å². The van der Waals surface area contributed by atoms with E-state index in [-0.39, 0.29) is 11.8 Å². The Kier molecular flexibility index (Phi) is 10.2. The summed E-state index contributed by atoms with van der Waals surface area (Å²) >= 11 is 1.59. The number of thioether (sulfide) groups is 1. The van der Waals surface area contributed by atoms with E-state index in [4.69, 9.17) is 4.74 Å². The molecule has 0 unspecified atom stereocenters. The fourth-order valence-electron chi connectivity index (χ4n) is 4.42. The maximum Gasteiger partial charge on any atom is 0.255 e. The molecule has 0 aliphatic heterocycles. The highest BCUT2D eigenvalue weighted by Crippen LogP contribution is 2.27. The van der Waals surface area contributed by atoms with E-state index in [9.17, 15) is 9.59 Å². The summed E-state index contributed by atoms with van der Waals surface area (Å²) < 4.78 is 7.52. The van der Waals surface area contributed by atoms with E-state index >= 15 is 0 Å². The van der Waals surface area contributed by atoms with Crippen molar-refractivity contribution in [3.63, 3.8) is 0 Å². The summed E-state index contributed by atoms with van der Waals surface area (Å²) in [5.41, 5.74) is 4.94. The van der Waals surface area contributed by atoms with Crippen LogP contribution in [0.25, 0.3) is 17.5 Å². The normalized spacial score (nSPS) is 11.0. The first kappa shape index (κ1) is 30.3. The number of hydrogen-bond donors (Lipinski definition) is 2. The topological polar surface area (TPSA) is 98.1 Å². The number of benzene rings is 4. The van der Waals surface area contributed by atoms with Gasteiger partial charge in [0.2, 0.25) is 5.91 Å². The second kappa shape index (κ2) is 14.8. The van der Waals surface area contributed by atoms with E-state index in [2.05, 4.69) is 32.3 Å². The highest BCUT2D eigenvalue weighted by Gasteiger charge is 2.14. The number of hydrogen-bond acceptors (Lipinski definition) is 6.